The highest BCUT2D eigenvalue weighted by Gasteiger charge is 2.49. The van der Waals surface area contributed by atoms with Gasteiger partial charge in [0.05, 0.1) is 15.7 Å². The summed E-state index contributed by atoms with van der Waals surface area (Å²) in [6.45, 7) is 1.36. The van der Waals surface area contributed by atoms with Gasteiger partial charge in [-0.05, 0) is 85.4 Å². The Hall–Kier alpha value is -2.44. The minimum absolute atomic E-state index is 0.0712. The summed E-state index contributed by atoms with van der Waals surface area (Å²) in [6.07, 6.45) is 8.05. The fourth-order valence-electron chi connectivity index (χ4n) is 5.76. The van der Waals surface area contributed by atoms with Crippen LogP contribution in [0.15, 0.2) is 59.9 Å². The van der Waals surface area contributed by atoms with Crippen molar-refractivity contribution < 1.29 is 9.50 Å². The van der Waals surface area contributed by atoms with Gasteiger partial charge in [0.1, 0.15) is 12.0 Å². The standard InChI is InChI=1S/C25H26FN3OS/c26-19-2-4-20(5-3-19)28-13-21-12-25(9-7-17(14-30)8-10-25)15-29(21)24(28)18-1-6-22-23(11-18)31-16-27-22/h1-6,11,13,16-17,24,30H,7-10,12,14-15H2. The summed E-state index contributed by atoms with van der Waals surface area (Å²) >= 11 is 1.67. The van der Waals surface area contributed by atoms with E-state index in [4.69, 9.17) is 0 Å². The maximum absolute atomic E-state index is 13.6. The average molecular weight is 436 g/mol. The van der Waals surface area contributed by atoms with Gasteiger partial charge >= 0.3 is 0 Å². The zero-order chi connectivity index (χ0) is 21.0. The van der Waals surface area contributed by atoms with E-state index in [1.54, 1.807) is 23.5 Å². The molecule has 2 aliphatic heterocycles. The molecule has 1 atom stereocenters. The zero-order valence-corrected chi connectivity index (χ0v) is 18.2. The van der Waals surface area contributed by atoms with Crippen LogP contribution in [0.25, 0.3) is 10.2 Å². The molecule has 6 heteroatoms. The van der Waals surface area contributed by atoms with E-state index in [0.717, 1.165) is 37.0 Å². The Bertz CT molecular complexity index is 1130. The average Bonchev–Trinajstić information content (AvgIpc) is 3.47. The molecule has 1 aliphatic carbocycles. The number of benzene rings is 2. The number of fused-ring (bicyclic) bond motifs is 2. The third-order valence-corrected chi connectivity index (χ3v) is 8.27. The van der Waals surface area contributed by atoms with Gasteiger partial charge in [-0.15, -0.1) is 11.3 Å². The van der Waals surface area contributed by atoms with Gasteiger partial charge in [-0.25, -0.2) is 9.37 Å². The lowest BCUT2D eigenvalue weighted by molar-refractivity contribution is 0.105. The minimum Gasteiger partial charge on any atom is -0.396 e. The Kier molecular flexibility index (Phi) is 4.54. The molecule has 0 bridgehead atoms. The van der Waals surface area contributed by atoms with E-state index in [2.05, 4.69) is 39.2 Å². The molecule has 1 saturated carbocycles. The van der Waals surface area contributed by atoms with Crippen LogP contribution in [-0.4, -0.2) is 28.1 Å². The van der Waals surface area contributed by atoms with Crippen LogP contribution in [-0.2, 0) is 0 Å². The third kappa shape index (κ3) is 3.24. The Balaban J connectivity index is 1.38. The number of allylic oxidation sites excluding steroid dienone is 1. The molecule has 2 aromatic carbocycles. The summed E-state index contributed by atoms with van der Waals surface area (Å²) in [6, 6.07) is 13.4. The molecule has 160 valence electrons. The van der Waals surface area contributed by atoms with Crippen molar-refractivity contribution in [2.24, 2.45) is 11.3 Å². The van der Waals surface area contributed by atoms with Crippen LogP contribution < -0.4 is 4.90 Å². The van der Waals surface area contributed by atoms with E-state index in [0.29, 0.717) is 17.9 Å². The number of hydrogen-bond donors (Lipinski definition) is 1. The molecule has 1 N–H and O–H groups in total. The van der Waals surface area contributed by atoms with Crippen molar-refractivity contribution in [3.05, 3.63) is 71.3 Å². The molecule has 3 aromatic rings. The largest absolute Gasteiger partial charge is 0.396 e. The van der Waals surface area contributed by atoms with Gasteiger partial charge in [-0.1, -0.05) is 6.07 Å². The first-order valence-corrected chi connectivity index (χ1v) is 12.0. The topological polar surface area (TPSA) is 39.6 Å². The second kappa shape index (κ2) is 7.31. The molecular formula is C25H26FN3OS. The molecule has 2 fully saturated rings. The van der Waals surface area contributed by atoms with Crippen molar-refractivity contribution in [2.75, 3.05) is 18.1 Å². The van der Waals surface area contributed by atoms with Gasteiger partial charge in [-0.2, -0.15) is 0 Å². The minimum atomic E-state index is -0.210. The van der Waals surface area contributed by atoms with Crippen molar-refractivity contribution in [1.82, 2.24) is 9.88 Å². The molecule has 3 heterocycles. The predicted octanol–water partition coefficient (Wildman–Crippen LogP) is 5.67. The smallest absolute Gasteiger partial charge is 0.132 e. The fraction of sp³-hybridized carbons (Fsp3) is 0.400. The quantitative estimate of drug-likeness (QED) is 0.575. The van der Waals surface area contributed by atoms with Crippen LogP contribution >= 0.6 is 11.3 Å². The van der Waals surface area contributed by atoms with Crippen molar-refractivity contribution in [3.63, 3.8) is 0 Å². The third-order valence-electron chi connectivity index (χ3n) is 7.48. The first-order valence-electron chi connectivity index (χ1n) is 11.1. The molecule has 1 unspecified atom stereocenters. The fourth-order valence-corrected chi connectivity index (χ4v) is 6.48. The lowest BCUT2D eigenvalue weighted by Crippen LogP contribution is -2.36. The van der Waals surface area contributed by atoms with Gasteiger partial charge in [-0.3, -0.25) is 0 Å². The molecule has 3 aliphatic rings. The second-order valence-corrected chi connectivity index (χ2v) is 10.3. The Morgan fingerprint density at radius 2 is 1.94 bits per heavy atom. The summed E-state index contributed by atoms with van der Waals surface area (Å²) in [5.74, 6) is 0.258. The van der Waals surface area contributed by atoms with Gasteiger partial charge in [0.15, 0.2) is 0 Å². The number of anilines is 1. The van der Waals surface area contributed by atoms with Crippen molar-refractivity contribution in [1.29, 1.82) is 0 Å². The van der Waals surface area contributed by atoms with Gasteiger partial charge in [0.25, 0.3) is 0 Å². The monoisotopic (exact) mass is 435 g/mol. The van der Waals surface area contributed by atoms with Crippen molar-refractivity contribution >= 4 is 27.2 Å². The Labute approximate surface area is 185 Å². The number of nitrogens with zero attached hydrogens (tertiary/aromatic N) is 3. The summed E-state index contributed by atoms with van der Waals surface area (Å²) in [7, 11) is 0. The molecule has 4 nitrogen and oxygen atoms in total. The predicted molar refractivity (Wildman–Crippen MR) is 122 cm³/mol. The van der Waals surface area contributed by atoms with Crippen LogP contribution in [0.5, 0.6) is 0 Å². The van der Waals surface area contributed by atoms with Gasteiger partial charge in [0, 0.05) is 30.7 Å². The maximum Gasteiger partial charge on any atom is 0.132 e. The SMILES string of the molecule is OCC1CCC2(CC1)CC1=CN(c3ccc(F)cc3)C(c3ccc4ncsc4c3)N1C2. The lowest BCUT2D eigenvalue weighted by Gasteiger charge is -2.39. The van der Waals surface area contributed by atoms with Crippen LogP contribution in [0.1, 0.15) is 43.8 Å². The maximum atomic E-state index is 13.6. The van der Waals surface area contributed by atoms with E-state index < -0.39 is 0 Å². The van der Waals surface area contributed by atoms with E-state index in [1.807, 2.05) is 17.6 Å². The van der Waals surface area contributed by atoms with Crippen LogP contribution in [0, 0.1) is 17.2 Å². The van der Waals surface area contributed by atoms with Gasteiger partial charge in [0.2, 0.25) is 0 Å². The number of thiazole rings is 1. The highest BCUT2D eigenvalue weighted by molar-refractivity contribution is 7.16. The molecule has 1 spiro atoms. The van der Waals surface area contributed by atoms with E-state index >= 15 is 0 Å². The first-order chi connectivity index (χ1) is 15.1. The van der Waals surface area contributed by atoms with E-state index in [9.17, 15) is 9.50 Å². The first kappa shape index (κ1) is 19.3. The molecule has 1 saturated heterocycles. The Morgan fingerprint density at radius 3 is 2.71 bits per heavy atom. The summed E-state index contributed by atoms with van der Waals surface area (Å²) < 4.78 is 14.8. The highest BCUT2D eigenvalue weighted by atomic mass is 32.1. The summed E-state index contributed by atoms with van der Waals surface area (Å²) in [5, 5.41) is 9.56. The summed E-state index contributed by atoms with van der Waals surface area (Å²) in [4.78, 5) is 9.29. The van der Waals surface area contributed by atoms with Crippen molar-refractivity contribution in [2.45, 2.75) is 38.3 Å². The molecule has 6 rings (SSSR count). The molecule has 1 aromatic heterocycles. The van der Waals surface area contributed by atoms with Crippen molar-refractivity contribution in [3.8, 4) is 0 Å². The molecular weight excluding hydrogens is 409 g/mol. The number of aromatic nitrogens is 1. The van der Waals surface area contributed by atoms with E-state index in [-0.39, 0.29) is 12.0 Å². The normalized spacial score (nSPS) is 27.9. The molecule has 31 heavy (non-hydrogen) atoms. The number of halogens is 1. The lowest BCUT2D eigenvalue weighted by atomic mass is 9.70. The molecule has 0 amide bonds. The number of rotatable bonds is 3. The van der Waals surface area contributed by atoms with Gasteiger partial charge < -0.3 is 14.9 Å². The van der Waals surface area contributed by atoms with Crippen LogP contribution in [0.3, 0.4) is 0 Å². The summed E-state index contributed by atoms with van der Waals surface area (Å²) in [5.41, 5.74) is 6.88. The van der Waals surface area contributed by atoms with Crippen LogP contribution in [0.4, 0.5) is 10.1 Å². The van der Waals surface area contributed by atoms with E-state index in [1.165, 1.54) is 28.8 Å². The van der Waals surface area contributed by atoms with Crippen LogP contribution in [0.2, 0.25) is 0 Å². The number of aliphatic hydroxyl groups is 1. The zero-order valence-electron chi connectivity index (χ0n) is 17.4. The Morgan fingerprint density at radius 1 is 1.13 bits per heavy atom. The molecule has 0 radical (unpaired) electrons. The highest BCUT2D eigenvalue weighted by Crippen LogP contribution is 2.54. The second-order valence-electron chi connectivity index (χ2n) is 9.39. The number of aliphatic hydroxyl groups excluding tert-OH is 1. The number of hydrogen-bond acceptors (Lipinski definition) is 5.